The predicted molar refractivity (Wildman–Crippen MR) is 93.8 cm³/mol. The van der Waals surface area contributed by atoms with Gasteiger partial charge in [-0.05, 0) is 36.8 Å². The fourth-order valence-corrected chi connectivity index (χ4v) is 2.40. The Hall–Kier alpha value is -2.51. The van der Waals surface area contributed by atoms with E-state index in [2.05, 4.69) is 5.32 Å². The number of benzene rings is 2. The van der Waals surface area contributed by atoms with E-state index in [9.17, 15) is 18.4 Å². The normalized spacial score (nSPS) is 13.0. The van der Waals surface area contributed by atoms with Crippen molar-refractivity contribution in [1.29, 1.82) is 0 Å². The van der Waals surface area contributed by atoms with Gasteiger partial charge in [-0.2, -0.15) is 0 Å². The molecule has 0 aromatic heterocycles. The topological polar surface area (TPSA) is 67.4 Å². The number of methoxy groups -OCH3 is 1. The number of nitrogens with one attached hydrogen (secondary N) is 2. The fourth-order valence-electron chi connectivity index (χ4n) is 2.21. The maximum atomic E-state index is 13.5. The molecule has 0 aliphatic rings. The van der Waals surface area contributed by atoms with Crippen molar-refractivity contribution in [3.05, 3.63) is 64.7 Å². The molecule has 2 rings (SSSR count). The van der Waals surface area contributed by atoms with Gasteiger partial charge in [0.15, 0.2) is 0 Å². The maximum Gasteiger partial charge on any atom is 0.313 e. The van der Waals surface area contributed by atoms with E-state index in [0.29, 0.717) is 10.6 Å². The number of carbonyl (C=O) groups excluding carboxylic acids is 2. The molecule has 0 spiro atoms. The van der Waals surface area contributed by atoms with Crippen LogP contribution in [0.2, 0.25) is 5.02 Å². The number of halogens is 3. The Balaban J connectivity index is 2.04. The quantitative estimate of drug-likeness (QED) is 0.780. The minimum atomic E-state index is -1.13. The Kier molecular flexibility index (Phi) is 6.28. The number of ether oxygens (including phenoxy) is 1. The second-order valence-electron chi connectivity index (χ2n) is 5.71. The first-order valence-corrected chi connectivity index (χ1v) is 7.98. The third-order valence-corrected chi connectivity index (χ3v) is 4.09. The monoisotopic (exact) mass is 382 g/mol. The maximum absolute atomic E-state index is 13.5. The second kappa shape index (κ2) is 8.25. The molecule has 0 saturated carbocycles. The molecule has 0 saturated heterocycles. The summed E-state index contributed by atoms with van der Waals surface area (Å²) in [6, 6.07) is 9.41. The molecule has 1 atom stereocenters. The molecule has 8 heteroatoms. The molecule has 0 bridgehead atoms. The van der Waals surface area contributed by atoms with E-state index >= 15 is 0 Å². The Labute approximate surface area is 154 Å². The van der Waals surface area contributed by atoms with Gasteiger partial charge in [-0.3, -0.25) is 9.59 Å². The number of anilines is 1. The Morgan fingerprint density at radius 1 is 1.15 bits per heavy atom. The van der Waals surface area contributed by atoms with Crippen LogP contribution >= 0.6 is 11.6 Å². The highest BCUT2D eigenvalue weighted by molar-refractivity contribution is 6.39. The Bertz CT molecular complexity index is 832. The van der Waals surface area contributed by atoms with Gasteiger partial charge in [-0.15, -0.1) is 0 Å². The molecule has 2 aromatic rings. The molecule has 0 radical (unpaired) electrons. The van der Waals surface area contributed by atoms with Crippen molar-refractivity contribution in [2.24, 2.45) is 0 Å². The van der Waals surface area contributed by atoms with E-state index < -0.39 is 34.7 Å². The third kappa shape index (κ3) is 4.77. The molecule has 26 heavy (non-hydrogen) atoms. The fraction of sp³-hybridized carbons (Fsp3) is 0.222. The van der Waals surface area contributed by atoms with Gasteiger partial charge >= 0.3 is 11.8 Å². The van der Waals surface area contributed by atoms with Crippen LogP contribution in [0.25, 0.3) is 0 Å². The van der Waals surface area contributed by atoms with Crippen molar-refractivity contribution in [3.63, 3.8) is 0 Å². The first-order valence-electron chi connectivity index (χ1n) is 7.60. The molecule has 2 amide bonds. The van der Waals surface area contributed by atoms with Gasteiger partial charge in [-0.1, -0.05) is 23.7 Å². The SMILES string of the molecule is COC(C)(CNC(=O)C(=O)Nc1cc(F)ccc1F)c1cccc(Cl)c1. The van der Waals surface area contributed by atoms with Crippen molar-refractivity contribution in [1.82, 2.24) is 5.32 Å². The van der Waals surface area contributed by atoms with E-state index in [1.54, 1.807) is 31.2 Å². The Morgan fingerprint density at radius 2 is 1.88 bits per heavy atom. The molecule has 0 fully saturated rings. The van der Waals surface area contributed by atoms with Crippen LogP contribution in [0.15, 0.2) is 42.5 Å². The van der Waals surface area contributed by atoms with Gasteiger partial charge in [0.05, 0.1) is 12.2 Å². The van der Waals surface area contributed by atoms with E-state index in [-0.39, 0.29) is 6.54 Å². The van der Waals surface area contributed by atoms with Gasteiger partial charge < -0.3 is 15.4 Å². The summed E-state index contributed by atoms with van der Waals surface area (Å²) in [6.45, 7) is 1.67. The first-order chi connectivity index (χ1) is 12.2. The van der Waals surface area contributed by atoms with Gasteiger partial charge in [0.2, 0.25) is 0 Å². The average molecular weight is 383 g/mol. The van der Waals surface area contributed by atoms with Crippen LogP contribution in [0, 0.1) is 11.6 Å². The summed E-state index contributed by atoms with van der Waals surface area (Å²) in [7, 11) is 1.45. The van der Waals surface area contributed by atoms with Crippen LogP contribution in [0.1, 0.15) is 12.5 Å². The van der Waals surface area contributed by atoms with Gasteiger partial charge in [-0.25, -0.2) is 8.78 Å². The molecule has 1 unspecified atom stereocenters. The zero-order valence-corrected chi connectivity index (χ0v) is 14.9. The molecule has 0 aliphatic carbocycles. The van der Waals surface area contributed by atoms with Crippen molar-refractivity contribution in [2.45, 2.75) is 12.5 Å². The zero-order chi connectivity index (χ0) is 19.3. The summed E-state index contributed by atoms with van der Waals surface area (Å²) in [5, 5.41) is 4.93. The lowest BCUT2D eigenvalue weighted by atomic mass is 9.95. The lowest BCUT2D eigenvalue weighted by molar-refractivity contribution is -0.137. The summed E-state index contributed by atoms with van der Waals surface area (Å²) >= 11 is 5.97. The highest BCUT2D eigenvalue weighted by atomic mass is 35.5. The van der Waals surface area contributed by atoms with E-state index in [0.717, 1.165) is 18.2 Å². The number of rotatable bonds is 5. The van der Waals surface area contributed by atoms with Crippen LogP contribution in [0.3, 0.4) is 0 Å². The number of hydrogen-bond acceptors (Lipinski definition) is 3. The molecule has 0 heterocycles. The molecule has 2 aromatic carbocycles. The lowest BCUT2D eigenvalue weighted by Gasteiger charge is -2.29. The van der Waals surface area contributed by atoms with Gasteiger partial charge in [0.25, 0.3) is 0 Å². The minimum absolute atomic E-state index is 0.0400. The van der Waals surface area contributed by atoms with E-state index in [1.807, 2.05) is 5.32 Å². The van der Waals surface area contributed by atoms with Crippen LogP contribution in [-0.4, -0.2) is 25.5 Å². The smallest absolute Gasteiger partial charge is 0.313 e. The predicted octanol–water partition coefficient (Wildman–Crippen LogP) is 3.23. The molecular formula is C18H17ClF2N2O3. The van der Waals surface area contributed by atoms with Crippen LogP contribution < -0.4 is 10.6 Å². The largest absolute Gasteiger partial charge is 0.372 e. The molecule has 0 aliphatic heterocycles. The van der Waals surface area contributed by atoms with Crippen molar-refractivity contribution >= 4 is 29.1 Å². The van der Waals surface area contributed by atoms with Crippen LogP contribution in [-0.2, 0) is 19.9 Å². The van der Waals surface area contributed by atoms with Crippen molar-refractivity contribution in [3.8, 4) is 0 Å². The lowest BCUT2D eigenvalue weighted by Crippen LogP contribution is -2.44. The summed E-state index contributed by atoms with van der Waals surface area (Å²) < 4.78 is 32.1. The van der Waals surface area contributed by atoms with Crippen LogP contribution in [0.4, 0.5) is 14.5 Å². The number of carbonyl (C=O) groups is 2. The second-order valence-corrected chi connectivity index (χ2v) is 6.14. The minimum Gasteiger partial charge on any atom is -0.372 e. The Morgan fingerprint density at radius 3 is 2.54 bits per heavy atom. The van der Waals surface area contributed by atoms with Gasteiger partial charge in [0, 0.05) is 18.2 Å². The van der Waals surface area contributed by atoms with Gasteiger partial charge in [0.1, 0.15) is 17.2 Å². The summed E-state index contributed by atoms with van der Waals surface area (Å²) in [4.78, 5) is 23.9. The third-order valence-electron chi connectivity index (χ3n) is 3.85. The summed E-state index contributed by atoms with van der Waals surface area (Å²) in [6.07, 6.45) is 0. The van der Waals surface area contributed by atoms with Crippen molar-refractivity contribution in [2.75, 3.05) is 19.0 Å². The highest BCUT2D eigenvalue weighted by Crippen LogP contribution is 2.26. The first kappa shape index (κ1) is 19.8. The molecule has 138 valence electrons. The van der Waals surface area contributed by atoms with Crippen LogP contribution in [0.5, 0.6) is 0 Å². The highest BCUT2D eigenvalue weighted by Gasteiger charge is 2.28. The van der Waals surface area contributed by atoms with E-state index in [1.165, 1.54) is 7.11 Å². The number of amides is 2. The molecule has 2 N–H and O–H groups in total. The molecular weight excluding hydrogens is 366 g/mol. The van der Waals surface area contributed by atoms with E-state index in [4.69, 9.17) is 16.3 Å². The molecule has 5 nitrogen and oxygen atoms in total. The average Bonchev–Trinajstić information content (AvgIpc) is 2.62. The zero-order valence-electron chi connectivity index (χ0n) is 14.1. The standard InChI is InChI=1S/C18H17ClF2N2O3/c1-18(26-2,11-4-3-5-12(19)8-11)10-22-16(24)17(25)23-15-9-13(20)6-7-14(15)21/h3-9H,10H2,1-2H3,(H,22,24)(H,23,25). The number of hydrogen-bond donors (Lipinski definition) is 2. The summed E-state index contributed by atoms with van der Waals surface area (Å²) in [5.74, 6) is -3.73. The van der Waals surface area contributed by atoms with Crippen molar-refractivity contribution < 1.29 is 23.1 Å². The summed E-state index contributed by atoms with van der Waals surface area (Å²) in [5.41, 5.74) is -0.663.